The van der Waals surface area contributed by atoms with Gasteiger partial charge in [0.25, 0.3) is 0 Å². The van der Waals surface area contributed by atoms with Crippen LogP contribution < -0.4 is 5.73 Å². The van der Waals surface area contributed by atoms with Crippen LogP contribution in [0.2, 0.25) is 0 Å². The van der Waals surface area contributed by atoms with E-state index in [1.54, 1.807) is 0 Å². The van der Waals surface area contributed by atoms with Crippen LogP contribution in [0.25, 0.3) is 0 Å². The Labute approximate surface area is 107 Å². The summed E-state index contributed by atoms with van der Waals surface area (Å²) in [7, 11) is 0. The molecule has 1 saturated carbocycles. The molecule has 0 aromatic carbocycles. The van der Waals surface area contributed by atoms with Gasteiger partial charge < -0.3 is 5.73 Å². The molecule has 1 atom stereocenters. The second-order valence-electron chi connectivity index (χ2n) is 6.47. The lowest BCUT2D eigenvalue weighted by Gasteiger charge is -2.50. The normalized spacial score (nSPS) is 40.4. The Balaban J connectivity index is 2.01. The minimum absolute atomic E-state index is 0.361. The highest BCUT2D eigenvalue weighted by molar-refractivity contribution is 4.97. The van der Waals surface area contributed by atoms with Gasteiger partial charge in [-0.05, 0) is 56.9 Å². The van der Waals surface area contributed by atoms with Gasteiger partial charge in [-0.1, -0.05) is 20.3 Å². The van der Waals surface area contributed by atoms with Gasteiger partial charge in [0, 0.05) is 18.6 Å². The first-order valence-electron chi connectivity index (χ1n) is 7.65. The van der Waals surface area contributed by atoms with Crippen molar-refractivity contribution in [2.75, 3.05) is 19.6 Å². The van der Waals surface area contributed by atoms with Crippen molar-refractivity contribution in [3.63, 3.8) is 0 Å². The highest BCUT2D eigenvalue weighted by Crippen LogP contribution is 2.38. The molecule has 2 rings (SSSR count). The maximum Gasteiger partial charge on any atom is 0.0332 e. The van der Waals surface area contributed by atoms with Crippen LogP contribution in [0.1, 0.15) is 58.8 Å². The molecular weight excluding hydrogens is 208 g/mol. The summed E-state index contributed by atoms with van der Waals surface area (Å²) in [6, 6.07) is 0. The quantitative estimate of drug-likeness (QED) is 0.819. The first-order valence-corrected chi connectivity index (χ1v) is 7.65. The molecule has 100 valence electrons. The average Bonchev–Trinajstić information content (AvgIpc) is 2.40. The van der Waals surface area contributed by atoms with Gasteiger partial charge in [0.15, 0.2) is 0 Å². The molecule has 0 aromatic heterocycles. The molecule has 2 heteroatoms. The third-order valence-corrected chi connectivity index (χ3v) is 5.35. The molecule has 0 amide bonds. The minimum atomic E-state index is 0.361. The number of piperidine rings is 1. The number of nitrogens with zero attached hydrogens (tertiary/aromatic N) is 1. The molecule has 1 aliphatic carbocycles. The summed E-state index contributed by atoms with van der Waals surface area (Å²) in [4.78, 5) is 2.76. The van der Waals surface area contributed by atoms with Gasteiger partial charge in [0.1, 0.15) is 0 Å². The highest BCUT2D eigenvalue weighted by Gasteiger charge is 2.39. The Hall–Kier alpha value is -0.0800. The van der Waals surface area contributed by atoms with Gasteiger partial charge in [0.05, 0.1) is 0 Å². The molecule has 0 radical (unpaired) electrons. The molecule has 0 bridgehead atoms. The van der Waals surface area contributed by atoms with Crippen molar-refractivity contribution < 1.29 is 0 Å². The molecule has 1 saturated heterocycles. The number of rotatable bonds is 3. The van der Waals surface area contributed by atoms with Crippen molar-refractivity contribution in [1.29, 1.82) is 0 Å². The molecule has 2 nitrogen and oxygen atoms in total. The van der Waals surface area contributed by atoms with E-state index >= 15 is 0 Å². The lowest BCUT2D eigenvalue weighted by Crippen LogP contribution is -2.58. The number of likely N-dealkylation sites (tertiary alicyclic amines) is 1. The Morgan fingerprint density at radius 2 is 1.94 bits per heavy atom. The fourth-order valence-electron chi connectivity index (χ4n) is 3.78. The summed E-state index contributed by atoms with van der Waals surface area (Å²) < 4.78 is 0. The van der Waals surface area contributed by atoms with Crippen molar-refractivity contribution in [1.82, 2.24) is 4.90 Å². The van der Waals surface area contributed by atoms with Crippen LogP contribution in [0, 0.1) is 11.8 Å². The van der Waals surface area contributed by atoms with E-state index in [1.165, 1.54) is 58.0 Å². The molecule has 2 fully saturated rings. The third kappa shape index (κ3) is 2.85. The van der Waals surface area contributed by atoms with Gasteiger partial charge >= 0.3 is 0 Å². The highest BCUT2D eigenvalue weighted by atomic mass is 15.2. The molecule has 2 aliphatic rings. The Kier molecular flexibility index (Phi) is 4.48. The zero-order valence-corrected chi connectivity index (χ0v) is 11.8. The van der Waals surface area contributed by atoms with Crippen molar-refractivity contribution in [3.8, 4) is 0 Å². The molecule has 1 unspecified atom stereocenters. The van der Waals surface area contributed by atoms with E-state index < -0.39 is 0 Å². The van der Waals surface area contributed by atoms with Gasteiger partial charge in [-0.15, -0.1) is 0 Å². The standard InChI is InChI=1S/C15H30N2/c1-3-14-5-4-10-17(11-14)15(12-16)8-6-13(2)7-9-15/h13-14H,3-12,16H2,1-2H3. The Morgan fingerprint density at radius 1 is 1.24 bits per heavy atom. The number of hydrogen-bond donors (Lipinski definition) is 1. The van der Waals surface area contributed by atoms with Crippen LogP contribution >= 0.6 is 0 Å². The lowest BCUT2D eigenvalue weighted by atomic mass is 9.74. The molecule has 2 N–H and O–H groups in total. The van der Waals surface area contributed by atoms with E-state index in [9.17, 15) is 0 Å². The fourth-order valence-corrected chi connectivity index (χ4v) is 3.78. The SMILES string of the molecule is CCC1CCCN(C2(CN)CCC(C)CC2)C1. The third-order valence-electron chi connectivity index (χ3n) is 5.35. The second kappa shape index (κ2) is 5.71. The largest absolute Gasteiger partial charge is 0.329 e. The maximum atomic E-state index is 6.16. The maximum absolute atomic E-state index is 6.16. The number of hydrogen-bond acceptors (Lipinski definition) is 2. The smallest absolute Gasteiger partial charge is 0.0332 e. The lowest BCUT2D eigenvalue weighted by molar-refractivity contribution is 0.0109. The van der Waals surface area contributed by atoms with E-state index in [0.29, 0.717) is 5.54 Å². The summed E-state index contributed by atoms with van der Waals surface area (Å²) in [6.45, 7) is 8.21. The van der Waals surface area contributed by atoms with Crippen LogP contribution in [-0.2, 0) is 0 Å². The van der Waals surface area contributed by atoms with Crippen LogP contribution in [0.3, 0.4) is 0 Å². The van der Waals surface area contributed by atoms with Gasteiger partial charge in [0.2, 0.25) is 0 Å². The topological polar surface area (TPSA) is 29.3 Å². The first-order chi connectivity index (χ1) is 8.20. The van der Waals surface area contributed by atoms with Crippen molar-refractivity contribution in [3.05, 3.63) is 0 Å². The van der Waals surface area contributed by atoms with Crippen LogP contribution in [0.15, 0.2) is 0 Å². The summed E-state index contributed by atoms with van der Waals surface area (Å²) >= 11 is 0. The van der Waals surface area contributed by atoms with E-state index in [0.717, 1.165) is 18.4 Å². The monoisotopic (exact) mass is 238 g/mol. The van der Waals surface area contributed by atoms with Crippen molar-refractivity contribution in [2.45, 2.75) is 64.3 Å². The van der Waals surface area contributed by atoms with E-state index in [-0.39, 0.29) is 0 Å². The van der Waals surface area contributed by atoms with Crippen LogP contribution in [0.5, 0.6) is 0 Å². The molecule has 17 heavy (non-hydrogen) atoms. The second-order valence-corrected chi connectivity index (χ2v) is 6.47. The van der Waals surface area contributed by atoms with Crippen molar-refractivity contribution >= 4 is 0 Å². The first kappa shape index (κ1) is 13.4. The molecule has 1 heterocycles. The Morgan fingerprint density at radius 3 is 2.53 bits per heavy atom. The van der Waals surface area contributed by atoms with Gasteiger partial charge in [-0.25, -0.2) is 0 Å². The predicted molar refractivity (Wildman–Crippen MR) is 74.0 cm³/mol. The summed E-state index contributed by atoms with van der Waals surface area (Å²) in [6.07, 6.45) is 9.59. The minimum Gasteiger partial charge on any atom is -0.329 e. The average molecular weight is 238 g/mol. The van der Waals surface area contributed by atoms with Gasteiger partial charge in [-0.3, -0.25) is 4.90 Å². The van der Waals surface area contributed by atoms with E-state index in [2.05, 4.69) is 18.7 Å². The molecule has 0 aromatic rings. The van der Waals surface area contributed by atoms with E-state index in [1.807, 2.05) is 0 Å². The fraction of sp³-hybridized carbons (Fsp3) is 1.00. The zero-order valence-electron chi connectivity index (χ0n) is 11.8. The molecule has 1 aliphatic heterocycles. The summed E-state index contributed by atoms with van der Waals surface area (Å²) in [5.74, 6) is 1.84. The number of nitrogens with two attached hydrogens (primary N) is 1. The Bertz CT molecular complexity index is 231. The van der Waals surface area contributed by atoms with Gasteiger partial charge in [-0.2, -0.15) is 0 Å². The molecular formula is C15H30N2. The van der Waals surface area contributed by atoms with Crippen molar-refractivity contribution in [2.24, 2.45) is 17.6 Å². The predicted octanol–water partition coefficient (Wildman–Crippen LogP) is 3.02. The van der Waals surface area contributed by atoms with Crippen LogP contribution in [0.4, 0.5) is 0 Å². The summed E-state index contributed by atoms with van der Waals surface area (Å²) in [5, 5.41) is 0. The summed E-state index contributed by atoms with van der Waals surface area (Å²) in [5.41, 5.74) is 6.52. The van der Waals surface area contributed by atoms with Crippen LogP contribution in [-0.4, -0.2) is 30.1 Å². The van der Waals surface area contributed by atoms with E-state index in [4.69, 9.17) is 5.73 Å². The molecule has 0 spiro atoms. The zero-order chi connectivity index (χ0) is 12.3.